The van der Waals surface area contributed by atoms with E-state index in [0.717, 1.165) is 5.56 Å². The molecule has 0 unspecified atom stereocenters. The number of nitrogens with zero attached hydrogens (tertiary/aromatic N) is 1. The SMILES string of the molecule is CC(=O)CCOCC(COCCC(C)=O)(COCCC(C)=O)NC(=O)c1ccc(-c2ccc(C(C)=O)cn2)cc1. The van der Waals surface area contributed by atoms with Crippen molar-refractivity contribution in [3.8, 4) is 11.3 Å². The summed E-state index contributed by atoms with van der Waals surface area (Å²) >= 11 is 0. The molecular formula is C30H38N2O8. The quantitative estimate of drug-likeness (QED) is 0.204. The molecule has 10 heteroatoms. The Morgan fingerprint density at radius 2 is 1.12 bits per heavy atom. The molecule has 1 N–H and O–H groups in total. The highest BCUT2D eigenvalue weighted by molar-refractivity contribution is 5.95. The molecule has 2 aromatic rings. The lowest BCUT2D eigenvalue weighted by Crippen LogP contribution is -2.58. The van der Waals surface area contributed by atoms with Gasteiger partial charge in [0.2, 0.25) is 0 Å². The number of ketones is 4. The summed E-state index contributed by atoms with van der Waals surface area (Å²) in [4.78, 5) is 63.3. The molecule has 0 radical (unpaired) electrons. The van der Waals surface area contributed by atoms with Crippen LogP contribution in [0.15, 0.2) is 42.6 Å². The van der Waals surface area contributed by atoms with Crippen molar-refractivity contribution < 1.29 is 38.2 Å². The summed E-state index contributed by atoms with van der Waals surface area (Å²) < 4.78 is 17.2. The van der Waals surface area contributed by atoms with E-state index in [1.54, 1.807) is 36.4 Å². The van der Waals surface area contributed by atoms with Gasteiger partial charge in [0.25, 0.3) is 5.91 Å². The van der Waals surface area contributed by atoms with E-state index in [1.165, 1.54) is 33.9 Å². The van der Waals surface area contributed by atoms with E-state index >= 15 is 0 Å². The maximum absolute atomic E-state index is 13.4. The molecule has 0 aliphatic heterocycles. The van der Waals surface area contributed by atoms with Crippen LogP contribution in [0, 0.1) is 0 Å². The Kier molecular flexibility index (Phi) is 13.4. The van der Waals surface area contributed by atoms with Gasteiger partial charge in [-0.2, -0.15) is 0 Å². The lowest BCUT2D eigenvalue weighted by molar-refractivity contribution is -0.118. The van der Waals surface area contributed by atoms with E-state index in [-0.39, 0.29) is 82.0 Å². The predicted octanol–water partition coefficient (Wildman–Crippen LogP) is 3.41. The van der Waals surface area contributed by atoms with E-state index in [0.29, 0.717) is 16.8 Å². The fourth-order valence-corrected chi connectivity index (χ4v) is 3.56. The molecule has 0 aliphatic rings. The van der Waals surface area contributed by atoms with Crippen molar-refractivity contribution in [1.29, 1.82) is 0 Å². The number of amides is 1. The van der Waals surface area contributed by atoms with Crippen molar-refractivity contribution in [2.75, 3.05) is 39.6 Å². The second-order valence-electron chi connectivity index (χ2n) is 9.81. The van der Waals surface area contributed by atoms with Gasteiger partial charge in [-0.05, 0) is 52.0 Å². The van der Waals surface area contributed by atoms with E-state index in [4.69, 9.17) is 14.2 Å². The monoisotopic (exact) mass is 554 g/mol. The molecule has 1 aromatic carbocycles. The Labute approximate surface area is 234 Å². The minimum absolute atomic E-state index is 0.0172. The number of aromatic nitrogens is 1. The predicted molar refractivity (Wildman–Crippen MR) is 148 cm³/mol. The first kappa shape index (κ1) is 32.6. The zero-order valence-corrected chi connectivity index (χ0v) is 23.6. The third kappa shape index (κ3) is 11.6. The topological polar surface area (TPSA) is 138 Å². The van der Waals surface area contributed by atoms with Crippen molar-refractivity contribution in [3.63, 3.8) is 0 Å². The summed E-state index contributed by atoms with van der Waals surface area (Å²) in [6.07, 6.45) is 2.15. The number of carbonyl (C=O) groups excluding carboxylic acids is 5. The number of ether oxygens (including phenoxy) is 3. The van der Waals surface area contributed by atoms with Crippen LogP contribution in [0.25, 0.3) is 11.3 Å². The van der Waals surface area contributed by atoms with Gasteiger partial charge in [-0.1, -0.05) is 12.1 Å². The van der Waals surface area contributed by atoms with E-state index in [2.05, 4.69) is 10.3 Å². The number of hydrogen-bond acceptors (Lipinski definition) is 9. The largest absolute Gasteiger partial charge is 0.378 e. The lowest BCUT2D eigenvalue weighted by Gasteiger charge is -2.34. The fraction of sp³-hybridized carbons (Fsp3) is 0.467. The molecule has 0 aliphatic carbocycles. The van der Waals surface area contributed by atoms with Crippen LogP contribution < -0.4 is 5.32 Å². The highest BCUT2D eigenvalue weighted by atomic mass is 16.5. The summed E-state index contributed by atoms with van der Waals surface area (Å²) in [5.41, 5.74) is 1.15. The first-order valence-electron chi connectivity index (χ1n) is 13.1. The van der Waals surface area contributed by atoms with Crippen LogP contribution in [0.3, 0.4) is 0 Å². The van der Waals surface area contributed by atoms with E-state index in [1.807, 2.05) is 0 Å². The summed E-state index contributed by atoms with van der Waals surface area (Å²) in [5.74, 6) is -0.580. The van der Waals surface area contributed by atoms with Crippen molar-refractivity contribution in [3.05, 3.63) is 53.7 Å². The highest BCUT2D eigenvalue weighted by Gasteiger charge is 2.34. The van der Waals surface area contributed by atoms with E-state index in [9.17, 15) is 24.0 Å². The van der Waals surface area contributed by atoms with Crippen molar-refractivity contribution in [2.24, 2.45) is 0 Å². The fourth-order valence-electron chi connectivity index (χ4n) is 3.56. The van der Waals surface area contributed by atoms with Gasteiger partial charge < -0.3 is 19.5 Å². The molecule has 0 fully saturated rings. The molecule has 1 heterocycles. The number of carbonyl (C=O) groups is 5. The van der Waals surface area contributed by atoms with Crippen molar-refractivity contribution >= 4 is 29.0 Å². The van der Waals surface area contributed by atoms with Crippen molar-refractivity contribution in [1.82, 2.24) is 10.3 Å². The molecule has 2 rings (SSSR count). The third-order valence-electron chi connectivity index (χ3n) is 5.92. The second-order valence-corrected chi connectivity index (χ2v) is 9.81. The van der Waals surface area contributed by atoms with Crippen LogP contribution in [-0.2, 0) is 28.6 Å². The third-order valence-corrected chi connectivity index (χ3v) is 5.92. The zero-order valence-electron chi connectivity index (χ0n) is 23.6. The minimum Gasteiger partial charge on any atom is -0.378 e. The Morgan fingerprint density at radius 3 is 1.50 bits per heavy atom. The number of benzene rings is 1. The Hall–Kier alpha value is -3.60. The van der Waals surface area contributed by atoms with Crippen LogP contribution in [-0.4, -0.2) is 79.2 Å². The zero-order chi connectivity index (χ0) is 29.5. The molecule has 40 heavy (non-hydrogen) atoms. The molecule has 0 saturated carbocycles. The van der Waals surface area contributed by atoms with Crippen LogP contribution >= 0.6 is 0 Å². The first-order valence-corrected chi connectivity index (χ1v) is 13.1. The van der Waals surface area contributed by atoms with Gasteiger partial charge in [0.1, 0.15) is 22.9 Å². The van der Waals surface area contributed by atoms with Crippen LogP contribution in [0.5, 0.6) is 0 Å². The van der Waals surface area contributed by atoms with Gasteiger partial charge in [0.15, 0.2) is 5.78 Å². The van der Waals surface area contributed by atoms with Gasteiger partial charge in [-0.3, -0.25) is 29.0 Å². The van der Waals surface area contributed by atoms with Crippen LogP contribution in [0.1, 0.15) is 67.7 Å². The molecule has 216 valence electrons. The van der Waals surface area contributed by atoms with Gasteiger partial charge in [-0.25, -0.2) is 0 Å². The molecule has 0 saturated heterocycles. The smallest absolute Gasteiger partial charge is 0.251 e. The number of pyridine rings is 1. The second kappa shape index (κ2) is 16.5. The number of nitrogens with one attached hydrogen (secondary N) is 1. The molecule has 10 nitrogen and oxygen atoms in total. The lowest BCUT2D eigenvalue weighted by atomic mass is 10.0. The minimum atomic E-state index is -1.15. The molecule has 0 atom stereocenters. The first-order chi connectivity index (χ1) is 19.0. The van der Waals surface area contributed by atoms with Crippen LogP contribution in [0.2, 0.25) is 0 Å². The Balaban J connectivity index is 2.22. The molecule has 0 bridgehead atoms. The summed E-state index contributed by atoms with van der Waals surface area (Å²) in [6, 6.07) is 10.3. The Bertz CT molecular complexity index is 1100. The average molecular weight is 555 g/mol. The summed E-state index contributed by atoms with van der Waals surface area (Å²) in [5, 5.41) is 2.97. The van der Waals surface area contributed by atoms with E-state index < -0.39 is 11.4 Å². The number of rotatable bonds is 19. The molecule has 1 amide bonds. The van der Waals surface area contributed by atoms with Gasteiger partial charge >= 0.3 is 0 Å². The molecule has 0 spiro atoms. The standard InChI is InChI=1S/C30H38N2O8/c1-21(33)11-14-38-18-30(19-39-15-12-22(2)34,20-40-16-13-23(3)35)32-29(37)26-7-5-25(6-8-26)28-10-9-27(17-31-28)24(4)36/h5-10,17H,11-16,18-20H2,1-4H3,(H,32,37). The molecule has 1 aromatic heterocycles. The number of hydrogen-bond donors (Lipinski definition) is 1. The van der Waals surface area contributed by atoms with Gasteiger partial charge in [0.05, 0.1) is 45.3 Å². The van der Waals surface area contributed by atoms with Gasteiger partial charge in [0, 0.05) is 42.1 Å². The maximum Gasteiger partial charge on any atom is 0.251 e. The molecular weight excluding hydrogens is 516 g/mol. The number of Topliss-reactive ketones (excluding diaryl/α,β-unsaturated/α-hetero) is 4. The van der Waals surface area contributed by atoms with Gasteiger partial charge in [-0.15, -0.1) is 0 Å². The summed E-state index contributed by atoms with van der Waals surface area (Å²) in [6.45, 7) is 6.26. The normalized spacial score (nSPS) is 11.2. The Morgan fingerprint density at radius 1 is 0.675 bits per heavy atom. The van der Waals surface area contributed by atoms with Crippen molar-refractivity contribution in [2.45, 2.75) is 52.5 Å². The van der Waals surface area contributed by atoms with Crippen LogP contribution in [0.4, 0.5) is 0 Å². The highest BCUT2D eigenvalue weighted by Crippen LogP contribution is 2.19. The average Bonchev–Trinajstić information content (AvgIpc) is 2.91. The maximum atomic E-state index is 13.4. The summed E-state index contributed by atoms with van der Waals surface area (Å²) in [7, 11) is 0.